The summed E-state index contributed by atoms with van der Waals surface area (Å²) in [5, 5.41) is 0. The molecule has 0 aliphatic heterocycles. The zero-order chi connectivity index (χ0) is 11.3. The Labute approximate surface area is 95.4 Å². The van der Waals surface area contributed by atoms with Crippen molar-refractivity contribution in [1.29, 1.82) is 0 Å². The molecular formula is C11H15NO2S. The maximum atomic E-state index is 11.8. The molecule has 82 valence electrons. The molecule has 0 fully saturated rings. The van der Waals surface area contributed by atoms with Gasteiger partial charge in [0.05, 0.1) is 6.61 Å². The second-order valence-electron chi connectivity index (χ2n) is 3.27. The number of thiol groups is 1. The van der Waals surface area contributed by atoms with Crippen molar-refractivity contribution < 1.29 is 9.53 Å². The summed E-state index contributed by atoms with van der Waals surface area (Å²) >= 11 is 4.19. The number of hydrogen-bond acceptors (Lipinski definition) is 3. The molecule has 0 N–H and O–H groups in total. The van der Waals surface area contributed by atoms with E-state index in [0.717, 1.165) is 4.90 Å². The third-order valence-electron chi connectivity index (χ3n) is 2.07. The second-order valence-corrected chi connectivity index (χ2v) is 3.79. The highest BCUT2D eigenvalue weighted by atomic mass is 32.1. The lowest BCUT2D eigenvalue weighted by molar-refractivity contribution is 0.0744. The molecule has 1 amide bonds. The van der Waals surface area contributed by atoms with Gasteiger partial charge < -0.3 is 9.64 Å². The van der Waals surface area contributed by atoms with Crippen molar-refractivity contribution in [3.05, 3.63) is 29.8 Å². The van der Waals surface area contributed by atoms with Crippen LogP contribution in [0.15, 0.2) is 29.2 Å². The Kier molecular flexibility index (Phi) is 4.65. The quantitative estimate of drug-likeness (QED) is 0.790. The van der Waals surface area contributed by atoms with E-state index in [9.17, 15) is 4.79 Å². The van der Waals surface area contributed by atoms with E-state index in [1.807, 2.05) is 12.1 Å². The average molecular weight is 225 g/mol. The van der Waals surface area contributed by atoms with Crippen molar-refractivity contribution in [2.45, 2.75) is 4.90 Å². The summed E-state index contributed by atoms with van der Waals surface area (Å²) in [6.07, 6.45) is 0. The normalized spacial score (nSPS) is 10.1. The Morgan fingerprint density at radius 1 is 1.53 bits per heavy atom. The highest BCUT2D eigenvalue weighted by Gasteiger charge is 2.10. The molecule has 3 nitrogen and oxygen atoms in total. The third-order valence-corrected chi connectivity index (χ3v) is 2.35. The van der Waals surface area contributed by atoms with E-state index < -0.39 is 0 Å². The van der Waals surface area contributed by atoms with Gasteiger partial charge in [0.1, 0.15) is 0 Å². The lowest BCUT2D eigenvalue weighted by Gasteiger charge is -2.16. The molecule has 1 rings (SSSR count). The number of amides is 1. The van der Waals surface area contributed by atoms with Crippen molar-refractivity contribution in [1.82, 2.24) is 4.90 Å². The molecule has 15 heavy (non-hydrogen) atoms. The fourth-order valence-corrected chi connectivity index (χ4v) is 1.41. The molecule has 0 aliphatic rings. The Morgan fingerprint density at radius 2 is 2.27 bits per heavy atom. The van der Waals surface area contributed by atoms with Crippen LogP contribution in [0.5, 0.6) is 0 Å². The highest BCUT2D eigenvalue weighted by molar-refractivity contribution is 7.80. The van der Waals surface area contributed by atoms with Gasteiger partial charge in [-0.3, -0.25) is 4.79 Å². The predicted molar refractivity (Wildman–Crippen MR) is 62.5 cm³/mol. The van der Waals surface area contributed by atoms with E-state index in [1.54, 1.807) is 31.2 Å². The van der Waals surface area contributed by atoms with Gasteiger partial charge in [-0.2, -0.15) is 0 Å². The second kappa shape index (κ2) is 5.78. The van der Waals surface area contributed by atoms with Crippen LogP contribution >= 0.6 is 12.6 Å². The maximum Gasteiger partial charge on any atom is 0.253 e. The van der Waals surface area contributed by atoms with Crippen molar-refractivity contribution >= 4 is 18.5 Å². The highest BCUT2D eigenvalue weighted by Crippen LogP contribution is 2.10. The first kappa shape index (κ1) is 12.1. The Hall–Kier alpha value is -1.00. The molecule has 0 aromatic heterocycles. The van der Waals surface area contributed by atoms with Crippen molar-refractivity contribution in [3.8, 4) is 0 Å². The number of ether oxygens (including phenoxy) is 1. The average Bonchev–Trinajstić information content (AvgIpc) is 2.24. The van der Waals surface area contributed by atoms with Gasteiger partial charge in [0, 0.05) is 31.2 Å². The predicted octanol–water partition coefficient (Wildman–Crippen LogP) is 1.69. The van der Waals surface area contributed by atoms with E-state index in [2.05, 4.69) is 12.6 Å². The van der Waals surface area contributed by atoms with Crippen LogP contribution in [0.25, 0.3) is 0 Å². The Balaban J connectivity index is 2.67. The first-order valence-corrected chi connectivity index (χ1v) is 5.13. The molecule has 0 aliphatic carbocycles. The van der Waals surface area contributed by atoms with Gasteiger partial charge in [-0.25, -0.2) is 0 Å². The fourth-order valence-electron chi connectivity index (χ4n) is 1.19. The number of hydrogen-bond donors (Lipinski definition) is 1. The summed E-state index contributed by atoms with van der Waals surface area (Å²) in [5.74, 6) is -0.0112. The standard InChI is InChI=1S/C11H15NO2S/c1-12(6-7-14-2)11(13)9-4-3-5-10(15)8-9/h3-5,8,15H,6-7H2,1-2H3. The number of benzene rings is 1. The smallest absolute Gasteiger partial charge is 0.253 e. The van der Waals surface area contributed by atoms with Crippen LogP contribution in [0.2, 0.25) is 0 Å². The molecule has 0 saturated heterocycles. The van der Waals surface area contributed by atoms with Crippen molar-refractivity contribution in [2.75, 3.05) is 27.3 Å². The van der Waals surface area contributed by atoms with E-state index >= 15 is 0 Å². The number of rotatable bonds is 4. The largest absolute Gasteiger partial charge is 0.383 e. The molecule has 0 radical (unpaired) electrons. The zero-order valence-electron chi connectivity index (χ0n) is 8.93. The van der Waals surface area contributed by atoms with Crippen LogP contribution in [-0.4, -0.2) is 38.1 Å². The van der Waals surface area contributed by atoms with Gasteiger partial charge in [0.2, 0.25) is 0 Å². The van der Waals surface area contributed by atoms with Crippen molar-refractivity contribution in [3.63, 3.8) is 0 Å². The molecule has 4 heteroatoms. The Bertz CT molecular complexity index is 341. The molecular weight excluding hydrogens is 210 g/mol. The molecule has 0 atom stereocenters. The van der Waals surface area contributed by atoms with Gasteiger partial charge in [0.15, 0.2) is 0 Å². The number of likely N-dealkylation sites (N-methyl/N-ethyl adjacent to an activating group) is 1. The lowest BCUT2D eigenvalue weighted by Crippen LogP contribution is -2.29. The van der Waals surface area contributed by atoms with Crippen LogP contribution in [0.1, 0.15) is 10.4 Å². The van der Waals surface area contributed by atoms with Crippen LogP contribution in [0.3, 0.4) is 0 Å². The topological polar surface area (TPSA) is 29.5 Å². The minimum absolute atomic E-state index is 0.0112. The van der Waals surface area contributed by atoms with Crippen LogP contribution < -0.4 is 0 Å². The molecule has 0 unspecified atom stereocenters. The van der Waals surface area contributed by atoms with E-state index in [0.29, 0.717) is 18.7 Å². The summed E-state index contributed by atoms with van der Waals surface area (Å²) in [4.78, 5) is 14.3. The minimum atomic E-state index is -0.0112. The van der Waals surface area contributed by atoms with Crippen LogP contribution in [0, 0.1) is 0 Å². The SMILES string of the molecule is COCCN(C)C(=O)c1cccc(S)c1. The molecule has 0 saturated carbocycles. The van der Waals surface area contributed by atoms with Gasteiger partial charge in [-0.15, -0.1) is 12.6 Å². The Morgan fingerprint density at radius 3 is 2.87 bits per heavy atom. The summed E-state index contributed by atoms with van der Waals surface area (Å²) in [6.45, 7) is 1.13. The third kappa shape index (κ3) is 3.57. The van der Waals surface area contributed by atoms with Gasteiger partial charge >= 0.3 is 0 Å². The molecule has 0 bridgehead atoms. The van der Waals surface area contributed by atoms with Crippen molar-refractivity contribution in [2.24, 2.45) is 0 Å². The number of carbonyl (C=O) groups is 1. The number of methoxy groups -OCH3 is 1. The van der Waals surface area contributed by atoms with E-state index in [1.165, 1.54) is 0 Å². The number of carbonyl (C=O) groups excluding carboxylic acids is 1. The van der Waals surface area contributed by atoms with Gasteiger partial charge in [-0.1, -0.05) is 6.07 Å². The first-order chi connectivity index (χ1) is 7.15. The molecule has 0 heterocycles. The fraction of sp³-hybridized carbons (Fsp3) is 0.364. The number of nitrogens with zero attached hydrogens (tertiary/aromatic N) is 1. The summed E-state index contributed by atoms with van der Waals surface area (Å²) < 4.78 is 4.91. The van der Waals surface area contributed by atoms with E-state index in [4.69, 9.17) is 4.74 Å². The lowest BCUT2D eigenvalue weighted by atomic mass is 10.2. The summed E-state index contributed by atoms with van der Waals surface area (Å²) in [7, 11) is 3.37. The van der Waals surface area contributed by atoms with Gasteiger partial charge in [-0.05, 0) is 18.2 Å². The zero-order valence-corrected chi connectivity index (χ0v) is 9.83. The molecule has 1 aromatic carbocycles. The molecule has 1 aromatic rings. The maximum absolute atomic E-state index is 11.8. The summed E-state index contributed by atoms with van der Waals surface area (Å²) in [6, 6.07) is 7.20. The monoisotopic (exact) mass is 225 g/mol. The van der Waals surface area contributed by atoms with Gasteiger partial charge in [0.25, 0.3) is 5.91 Å². The first-order valence-electron chi connectivity index (χ1n) is 4.68. The van der Waals surface area contributed by atoms with Crippen LogP contribution in [0.4, 0.5) is 0 Å². The minimum Gasteiger partial charge on any atom is -0.383 e. The summed E-state index contributed by atoms with van der Waals surface area (Å²) in [5.41, 5.74) is 0.654. The molecule has 0 spiro atoms. The van der Waals surface area contributed by atoms with Crippen LogP contribution in [-0.2, 0) is 4.74 Å². The van der Waals surface area contributed by atoms with E-state index in [-0.39, 0.29) is 5.91 Å².